The molecule has 1 aliphatic carbocycles. The summed E-state index contributed by atoms with van der Waals surface area (Å²) in [5, 5.41) is 9.18. The number of pyridine rings is 1. The van der Waals surface area contributed by atoms with Crippen LogP contribution < -0.4 is 10.3 Å². The average molecular weight is 308 g/mol. The molecular weight excluding hydrogens is 288 g/mol. The number of ether oxygens (including phenoxy) is 1. The monoisotopic (exact) mass is 308 g/mol. The summed E-state index contributed by atoms with van der Waals surface area (Å²) in [5.74, 6) is 0.791. The summed E-state index contributed by atoms with van der Waals surface area (Å²) in [7, 11) is 0. The molecule has 1 fully saturated rings. The topological polar surface area (TPSA) is 55.0 Å². The third kappa shape index (κ3) is 3.00. The molecule has 4 heteroatoms. The molecular formula is C19H20N2O2. The molecule has 0 spiro atoms. The number of benzene rings is 1. The van der Waals surface area contributed by atoms with Gasteiger partial charge in [0.25, 0.3) is 5.56 Å². The first-order valence-corrected chi connectivity index (χ1v) is 8.13. The zero-order valence-electron chi connectivity index (χ0n) is 13.3. The highest BCUT2D eigenvalue weighted by Crippen LogP contribution is 2.33. The van der Waals surface area contributed by atoms with E-state index in [4.69, 9.17) is 4.74 Å². The van der Waals surface area contributed by atoms with E-state index in [0.717, 1.165) is 42.7 Å². The van der Waals surface area contributed by atoms with Gasteiger partial charge in [0.2, 0.25) is 0 Å². The molecule has 1 heterocycles. The molecule has 0 saturated heterocycles. The predicted molar refractivity (Wildman–Crippen MR) is 89.5 cm³/mol. The van der Waals surface area contributed by atoms with Crippen molar-refractivity contribution < 1.29 is 4.74 Å². The van der Waals surface area contributed by atoms with Gasteiger partial charge in [0.1, 0.15) is 17.4 Å². The summed E-state index contributed by atoms with van der Waals surface area (Å²) in [6.45, 7) is 2.55. The lowest BCUT2D eigenvalue weighted by atomic mass is 10.1. The molecule has 0 aliphatic heterocycles. The number of nitrogens with zero attached hydrogens (tertiary/aromatic N) is 2. The lowest BCUT2D eigenvalue weighted by Crippen LogP contribution is -2.27. The fraction of sp³-hybridized carbons (Fsp3) is 0.368. The van der Waals surface area contributed by atoms with E-state index >= 15 is 0 Å². The van der Waals surface area contributed by atoms with Gasteiger partial charge in [-0.3, -0.25) is 4.79 Å². The van der Waals surface area contributed by atoms with Crippen molar-refractivity contribution in [2.75, 3.05) is 6.61 Å². The fourth-order valence-electron chi connectivity index (χ4n) is 3.31. The van der Waals surface area contributed by atoms with Crippen molar-refractivity contribution in [3.8, 4) is 23.1 Å². The van der Waals surface area contributed by atoms with Crippen molar-refractivity contribution >= 4 is 0 Å². The summed E-state index contributed by atoms with van der Waals surface area (Å²) in [5.41, 5.74) is 1.84. The maximum atomic E-state index is 12.7. The molecule has 3 rings (SSSR count). The minimum atomic E-state index is -0.182. The smallest absolute Gasteiger partial charge is 0.269 e. The van der Waals surface area contributed by atoms with Gasteiger partial charge in [0.15, 0.2) is 0 Å². The van der Waals surface area contributed by atoms with Crippen molar-refractivity contribution in [3.05, 3.63) is 52.3 Å². The zero-order chi connectivity index (χ0) is 16.2. The molecule has 118 valence electrons. The Hall–Kier alpha value is -2.54. The van der Waals surface area contributed by atoms with E-state index in [1.54, 1.807) is 6.07 Å². The van der Waals surface area contributed by atoms with E-state index in [2.05, 4.69) is 0 Å². The van der Waals surface area contributed by atoms with Gasteiger partial charge >= 0.3 is 0 Å². The Balaban J connectivity index is 2.15. The summed E-state index contributed by atoms with van der Waals surface area (Å²) in [6, 6.07) is 13.5. The highest BCUT2D eigenvalue weighted by atomic mass is 16.5. The number of hydrogen-bond donors (Lipinski definition) is 0. The van der Waals surface area contributed by atoms with Crippen molar-refractivity contribution in [2.24, 2.45) is 0 Å². The number of rotatable bonds is 4. The molecule has 4 nitrogen and oxygen atoms in total. The van der Waals surface area contributed by atoms with Gasteiger partial charge in [-0.25, -0.2) is 0 Å². The minimum absolute atomic E-state index is 0.182. The van der Waals surface area contributed by atoms with E-state index in [1.165, 1.54) is 0 Å². The summed E-state index contributed by atoms with van der Waals surface area (Å²) in [4.78, 5) is 12.7. The molecule has 2 aromatic rings. The van der Waals surface area contributed by atoms with Crippen LogP contribution in [0, 0.1) is 11.3 Å². The molecule has 0 atom stereocenters. The van der Waals surface area contributed by atoms with Crippen LogP contribution in [0.25, 0.3) is 11.3 Å². The number of hydrogen-bond acceptors (Lipinski definition) is 3. The van der Waals surface area contributed by atoms with Crippen molar-refractivity contribution in [1.82, 2.24) is 4.57 Å². The Labute approximate surface area is 135 Å². The van der Waals surface area contributed by atoms with Gasteiger partial charge < -0.3 is 9.30 Å². The van der Waals surface area contributed by atoms with E-state index in [9.17, 15) is 10.1 Å². The molecule has 1 aromatic carbocycles. The first kappa shape index (κ1) is 15.4. The Bertz CT molecular complexity index is 796. The van der Waals surface area contributed by atoms with Crippen LogP contribution in [0.3, 0.4) is 0 Å². The molecule has 23 heavy (non-hydrogen) atoms. The van der Waals surface area contributed by atoms with Gasteiger partial charge in [0, 0.05) is 11.6 Å². The van der Waals surface area contributed by atoms with Crippen LogP contribution in [0.4, 0.5) is 0 Å². The largest absolute Gasteiger partial charge is 0.494 e. The van der Waals surface area contributed by atoms with E-state index < -0.39 is 0 Å². The van der Waals surface area contributed by atoms with Crippen LogP contribution >= 0.6 is 0 Å². The normalized spacial score (nSPS) is 14.6. The van der Waals surface area contributed by atoms with Crippen LogP contribution in [0.1, 0.15) is 44.2 Å². The van der Waals surface area contributed by atoms with Crippen molar-refractivity contribution in [1.29, 1.82) is 5.26 Å². The van der Waals surface area contributed by atoms with E-state index in [1.807, 2.05) is 47.9 Å². The molecule has 1 aliphatic rings. The second kappa shape index (κ2) is 6.70. The number of nitriles is 1. The van der Waals surface area contributed by atoms with Crippen molar-refractivity contribution in [3.63, 3.8) is 0 Å². The van der Waals surface area contributed by atoms with E-state index in [-0.39, 0.29) is 17.2 Å². The number of aromatic nitrogens is 1. The second-order valence-corrected chi connectivity index (χ2v) is 5.82. The predicted octanol–water partition coefficient (Wildman–Crippen LogP) is 3.90. The van der Waals surface area contributed by atoms with Gasteiger partial charge in [0.05, 0.1) is 12.3 Å². The fourth-order valence-corrected chi connectivity index (χ4v) is 3.31. The Morgan fingerprint density at radius 2 is 2.04 bits per heavy atom. The molecule has 0 bridgehead atoms. The maximum absolute atomic E-state index is 12.7. The first-order chi connectivity index (χ1) is 11.2. The molecule has 0 amide bonds. The Kier molecular flexibility index (Phi) is 4.47. The first-order valence-electron chi connectivity index (χ1n) is 8.13. The van der Waals surface area contributed by atoms with Crippen LogP contribution in [-0.2, 0) is 0 Å². The standard InChI is InChI=1S/C19H20N2O2/c1-2-23-17-9-5-6-14(12-17)18-11-10-15(13-20)19(22)21(18)16-7-3-4-8-16/h5-6,9-12,16H,2-4,7-8H2,1H3. The zero-order valence-corrected chi connectivity index (χ0v) is 13.3. The Morgan fingerprint density at radius 3 is 2.74 bits per heavy atom. The Morgan fingerprint density at radius 1 is 1.26 bits per heavy atom. The molecule has 0 N–H and O–H groups in total. The van der Waals surface area contributed by atoms with Crippen LogP contribution in [0.5, 0.6) is 5.75 Å². The SMILES string of the molecule is CCOc1cccc(-c2ccc(C#N)c(=O)n2C2CCCC2)c1. The summed E-state index contributed by atoms with van der Waals surface area (Å²) < 4.78 is 7.38. The highest BCUT2D eigenvalue weighted by Gasteiger charge is 2.22. The third-order valence-electron chi connectivity index (χ3n) is 4.37. The van der Waals surface area contributed by atoms with Gasteiger partial charge in [-0.2, -0.15) is 5.26 Å². The van der Waals surface area contributed by atoms with Crippen LogP contribution in [-0.4, -0.2) is 11.2 Å². The van der Waals surface area contributed by atoms with Gasteiger partial charge in [-0.05, 0) is 44.0 Å². The molecule has 0 unspecified atom stereocenters. The summed E-state index contributed by atoms with van der Waals surface area (Å²) >= 11 is 0. The average Bonchev–Trinajstić information content (AvgIpc) is 3.09. The minimum Gasteiger partial charge on any atom is -0.494 e. The van der Waals surface area contributed by atoms with Gasteiger partial charge in [-0.15, -0.1) is 0 Å². The van der Waals surface area contributed by atoms with Crippen LogP contribution in [0.15, 0.2) is 41.2 Å². The maximum Gasteiger partial charge on any atom is 0.269 e. The second-order valence-electron chi connectivity index (χ2n) is 5.82. The molecule has 1 saturated carbocycles. The lowest BCUT2D eigenvalue weighted by Gasteiger charge is -2.19. The molecule has 0 radical (unpaired) electrons. The third-order valence-corrected chi connectivity index (χ3v) is 4.37. The lowest BCUT2D eigenvalue weighted by molar-refractivity contribution is 0.340. The van der Waals surface area contributed by atoms with Gasteiger partial charge in [-0.1, -0.05) is 25.0 Å². The quantitative estimate of drug-likeness (QED) is 0.860. The van der Waals surface area contributed by atoms with Crippen LogP contribution in [0.2, 0.25) is 0 Å². The summed E-state index contributed by atoms with van der Waals surface area (Å²) in [6.07, 6.45) is 4.25. The molecule has 1 aromatic heterocycles. The highest BCUT2D eigenvalue weighted by molar-refractivity contribution is 5.62. The van der Waals surface area contributed by atoms with Crippen molar-refractivity contribution in [2.45, 2.75) is 38.6 Å². The van der Waals surface area contributed by atoms with E-state index in [0.29, 0.717) is 6.61 Å².